The molecule has 0 spiro atoms. The predicted molar refractivity (Wildman–Crippen MR) is 83.5 cm³/mol. The molecule has 2 heterocycles. The van der Waals surface area contributed by atoms with E-state index in [9.17, 15) is 4.79 Å². The van der Waals surface area contributed by atoms with E-state index in [1.807, 2.05) is 12.1 Å². The number of aromatic nitrogens is 2. The number of imidazole rings is 1. The zero-order valence-corrected chi connectivity index (χ0v) is 12.6. The van der Waals surface area contributed by atoms with Crippen molar-refractivity contribution in [1.82, 2.24) is 15.3 Å². The molecule has 1 aliphatic rings. The zero-order chi connectivity index (χ0) is 14.8. The molecule has 1 saturated heterocycles. The summed E-state index contributed by atoms with van der Waals surface area (Å²) in [5.74, 6) is 0. The number of H-pyrrole nitrogens is 2. The molecule has 2 aromatic rings. The Hall–Kier alpha value is -1.59. The molecule has 0 saturated carbocycles. The summed E-state index contributed by atoms with van der Waals surface area (Å²) >= 11 is 0. The third kappa shape index (κ3) is 3.19. The molecule has 1 aromatic carbocycles. The molecule has 21 heavy (non-hydrogen) atoms. The van der Waals surface area contributed by atoms with Gasteiger partial charge >= 0.3 is 5.69 Å². The molecule has 0 amide bonds. The van der Waals surface area contributed by atoms with Crippen LogP contribution in [0.2, 0.25) is 0 Å². The van der Waals surface area contributed by atoms with Crippen LogP contribution < -0.4 is 11.0 Å². The van der Waals surface area contributed by atoms with Gasteiger partial charge in [-0.3, -0.25) is 0 Å². The van der Waals surface area contributed by atoms with Crippen LogP contribution >= 0.6 is 0 Å². The lowest BCUT2D eigenvalue weighted by atomic mass is 9.99. The quantitative estimate of drug-likeness (QED) is 0.810. The van der Waals surface area contributed by atoms with Gasteiger partial charge in [0.15, 0.2) is 0 Å². The van der Waals surface area contributed by atoms with Crippen molar-refractivity contribution in [1.29, 1.82) is 0 Å². The maximum absolute atomic E-state index is 11.3. The summed E-state index contributed by atoms with van der Waals surface area (Å²) in [7, 11) is 0. The first-order chi connectivity index (χ1) is 10.2. The minimum absolute atomic E-state index is 0.155. The van der Waals surface area contributed by atoms with Gasteiger partial charge in [0.05, 0.1) is 17.1 Å². The Balaban J connectivity index is 1.71. The SMILES string of the molecule is CCC1CC(NC(C)c2ccc3[nH]c(=O)[nH]c3c2)CCO1. The Bertz CT molecular complexity index is 661. The highest BCUT2D eigenvalue weighted by Gasteiger charge is 2.22. The lowest BCUT2D eigenvalue weighted by Gasteiger charge is -2.31. The summed E-state index contributed by atoms with van der Waals surface area (Å²) in [5.41, 5.74) is 2.76. The van der Waals surface area contributed by atoms with Gasteiger partial charge in [-0.05, 0) is 43.9 Å². The number of ether oxygens (including phenoxy) is 1. The molecular weight excluding hydrogens is 266 g/mol. The van der Waals surface area contributed by atoms with Crippen LogP contribution in [-0.2, 0) is 4.74 Å². The molecule has 3 atom stereocenters. The smallest absolute Gasteiger partial charge is 0.323 e. The van der Waals surface area contributed by atoms with Gasteiger partial charge in [-0.1, -0.05) is 13.0 Å². The first kappa shape index (κ1) is 14.4. The van der Waals surface area contributed by atoms with Gasteiger partial charge in [0.1, 0.15) is 0 Å². The Morgan fingerprint density at radius 1 is 1.38 bits per heavy atom. The molecule has 1 aliphatic heterocycles. The Morgan fingerprint density at radius 2 is 2.19 bits per heavy atom. The maximum Gasteiger partial charge on any atom is 0.323 e. The van der Waals surface area contributed by atoms with Crippen LogP contribution in [0.4, 0.5) is 0 Å². The molecule has 5 nitrogen and oxygen atoms in total. The number of rotatable bonds is 4. The molecular formula is C16H23N3O2. The average Bonchev–Trinajstić information content (AvgIpc) is 2.86. The van der Waals surface area contributed by atoms with Crippen molar-refractivity contribution >= 4 is 11.0 Å². The molecule has 3 unspecified atom stereocenters. The number of aromatic amines is 2. The standard InChI is InChI=1S/C16H23N3O2/c1-3-13-9-12(6-7-21-13)17-10(2)11-4-5-14-15(8-11)19-16(20)18-14/h4-5,8,10,12-13,17H,3,6-7,9H2,1-2H3,(H2,18,19,20). The van der Waals surface area contributed by atoms with Crippen molar-refractivity contribution in [3.63, 3.8) is 0 Å². The number of hydrogen-bond donors (Lipinski definition) is 3. The summed E-state index contributed by atoms with van der Waals surface area (Å²) in [4.78, 5) is 16.9. The molecule has 114 valence electrons. The molecule has 1 fully saturated rings. The third-order valence-electron chi connectivity index (χ3n) is 4.35. The van der Waals surface area contributed by atoms with Gasteiger partial charge in [-0.2, -0.15) is 0 Å². The second-order valence-electron chi connectivity index (χ2n) is 5.89. The molecule has 0 radical (unpaired) electrons. The van der Waals surface area contributed by atoms with Crippen molar-refractivity contribution in [3.8, 4) is 0 Å². The van der Waals surface area contributed by atoms with Gasteiger partial charge < -0.3 is 20.0 Å². The van der Waals surface area contributed by atoms with Crippen LogP contribution in [0.1, 0.15) is 44.7 Å². The number of benzene rings is 1. The molecule has 3 N–H and O–H groups in total. The van der Waals surface area contributed by atoms with E-state index < -0.39 is 0 Å². The van der Waals surface area contributed by atoms with Gasteiger partial charge in [0.2, 0.25) is 0 Å². The van der Waals surface area contributed by atoms with E-state index in [0.29, 0.717) is 12.1 Å². The monoisotopic (exact) mass is 289 g/mol. The predicted octanol–water partition coefficient (Wildman–Crippen LogP) is 2.46. The minimum atomic E-state index is -0.155. The van der Waals surface area contributed by atoms with Crippen LogP contribution in [0, 0.1) is 0 Å². The fraction of sp³-hybridized carbons (Fsp3) is 0.562. The Kier molecular flexibility index (Phi) is 4.12. The fourth-order valence-electron chi connectivity index (χ4n) is 3.09. The number of hydrogen-bond acceptors (Lipinski definition) is 3. The summed E-state index contributed by atoms with van der Waals surface area (Å²) in [6, 6.07) is 6.83. The summed E-state index contributed by atoms with van der Waals surface area (Å²) in [5, 5.41) is 3.69. The third-order valence-corrected chi connectivity index (χ3v) is 4.35. The first-order valence-corrected chi connectivity index (χ1v) is 7.75. The summed E-state index contributed by atoms with van der Waals surface area (Å²) in [6.45, 7) is 5.18. The highest BCUT2D eigenvalue weighted by atomic mass is 16.5. The van der Waals surface area contributed by atoms with Gasteiger partial charge in [0.25, 0.3) is 0 Å². The lowest BCUT2D eigenvalue weighted by Crippen LogP contribution is -2.39. The molecule has 0 aliphatic carbocycles. The summed E-state index contributed by atoms with van der Waals surface area (Å²) in [6.07, 6.45) is 3.59. The molecule has 1 aromatic heterocycles. The van der Waals surface area contributed by atoms with Crippen molar-refractivity contribution < 1.29 is 4.74 Å². The minimum Gasteiger partial charge on any atom is -0.378 e. The van der Waals surface area contributed by atoms with Gasteiger partial charge in [-0.25, -0.2) is 4.79 Å². The van der Waals surface area contributed by atoms with Crippen LogP contribution in [-0.4, -0.2) is 28.7 Å². The second kappa shape index (κ2) is 6.03. The Labute approximate surface area is 124 Å². The van der Waals surface area contributed by atoms with Crippen molar-refractivity contribution in [2.75, 3.05) is 6.61 Å². The number of fused-ring (bicyclic) bond motifs is 1. The van der Waals surface area contributed by atoms with Crippen molar-refractivity contribution in [2.45, 2.75) is 51.3 Å². The molecule has 0 bridgehead atoms. The summed E-state index contributed by atoms with van der Waals surface area (Å²) < 4.78 is 5.72. The normalized spacial score (nSPS) is 24.3. The van der Waals surface area contributed by atoms with E-state index in [1.165, 1.54) is 5.56 Å². The Morgan fingerprint density at radius 3 is 3.00 bits per heavy atom. The zero-order valence-electron chi connectivity index (χ0n) is 12.6. The van der Waals surface area contributed by atoms with E-state index in [4.69, 9.17) is 4.74 Å². The topological polar surface area (TPSA) is 69.9 Å². The van der Waals surface area contributed by atoms with Gasteiger partial charge in [-0.15, -0.1) is 0 Å². The van der Waals surface area contributed by atoms with E-state index in [-0.39, 0.29) is 11.7 Å². The van der Waals surface area contributed by atoms with Crippen LogP contribution in [0.25, 0.3) is 11.0 Å². The van der Waals surface area contributed by atoms with Crippen molar-refractivity contribution in [3.05, 3.63) is 34.2 Å². The second-order valence-corrected chi connectivity index (χ2v) is 5.89. The van der Waals surface area contributed by atoms with E-state index in [1.54, 1.807) is 0 Å². The van der Waals surface area contributed by atoms with Crippen LogP contribution in [0.5, 0.6) is 0 Å². The van der Waals surface area contributed by atoms with Crippen LogP contribution in [0.3, 0.4) is 0 Å². The average molecular weight is 289 g/mol. The lowest BCUT2D eigenvalue weighted by molar-refractivity contribution is -0.00165. The fourth-order valence-corrected chi connectivity index (χ4v) is 3.09. The highest BCUT2D eigenvalue weighted by molar-refractivity contribution is 5.75. The highest BCUT2D eigenvalue weighted by Crippen LogP contribution is 2.22. The largest absolute Gasteiger partial charge is 0.378 e. The molecule has 3 rings (SSSR count). The first-order valence-electron chi connectivity index (χ1n) is 7.75. The maximum atomic E-state index is 11.3. The van der Waals surface area contributed by atoms with Crippen molar-refractivity contribution in [2.24, 2.45) is 0 Å². The van der Waals surface area contributed by atoms with E-state index >= 15 is 0 Å². The van der Waals surface area contributed by atoms with Gasteiger partial charge in [0, 0.05) is 18.7 Å². The number of nitrogens with one attached hydrogen (secondary N) is 3. The van der Waals surface area contributed by atoms with E-state index in [2.05, 4.69) is 35.2 Å². The molecule has 5 heteroatoms. The van der Waals surface area contributed by atoms with Crippen LogP contribution in [0.15, 0.2) is 23.0 Å². The van der Waals surface area contributed by atoms with E-state index in [0.717, 1.165) is 36.9 Å².